The van der Waals surface area contributed by atoms with Crippen molar-refractivity contribution in [2.24, 2.45) is 0 Å². The summed E-state index contributed by atoms with van der Waals surface area (Å²) in [5.41, 5.74) is 1.69. The molecule has 4 aromatic rings. The SMILES string of the molecule is O=C(Nc1ccc(SC2CC(=O)N(c3ccc(I)cc3)C2=O)cc1)/C(=C/c1c(Cl)cccc1Cl)NC(=O)c1ccccc1. The molecule has 43 heavy (non-hydrogen) atoms. The Bertz CT molecular complexity index is 1710. The van der Waals surface area contributed by atoms with Gasteiger partial charge in [-0.3, -0.25) is 19.2 Å². The van der Waals surface area contributed by atoms with Gasteiger partial charge in [-0.15, -0.1) is 11.8 Å². The van der Waals surface area contributed by atoms with E-state index in [4.69, 9.17) is 23.2 Å². The molecule has 2 N–H and O–H groups in total. The standard InChI is InChI=1S/C32H22Cl2IN3O4S/c33-25-7-4-8-26(34)24(25)17-27(37-30(40)19-5-2-1-3-6-19)31(41)36-21-11-15-23(16-12-21)43-28-18-29(39)38(32(28)42)22-13-9-20(35)10-14-22/h1-17,28H,18H2,(H,36,41)(H,37,40)/b27-17-. The highest BCUT2D eigenvalue weighted by molar-refractivity contribution is 14.1. The number of carbonyl (C=O) groups is 4. The lowest BCUT2D eigenvalue weighted by Crippen LogP contribution is -2.31. The number of imide groups is 1. The van der Waals surface area contributed by atoms with Crippen LogP contribution in [0.15, 0.2) is 108 Å². The fourth-order valence-corrected chi connectivity index (χ4v) is 6.19. The monoisotopic (exact) mass is 741 g/mol. The van der Waals surface area contributed by atoms with E-state index >= 15 is 0 Å². The molecule has 1 aliphatic heterocycles. The first kappa shape index (κ1) is 30.8. The van der Waals surface area contributed by atoms with Crippen LogP contribution in [0.4, 0.5) is 11.4 Å². The van der Waals surface area contributed by atoms with Gasteiger partial charge in [0.1, 0.15) is 5.70 Å². The molecule has 1 aliphatic rings. The van der Waals surface area contributed by atoms with Crippen molar-refractivity contribution in [3.05, 3.63) is 128 Å². The molecular formula is C32H22Cl2IN3O4S. The number of rotatable bonds is 8. The van der Waals surface area contributed by atoms with E-state index in [1.54, 1.807) is 84.9 Å². The number of halogens is 3. The minimum Gasteiger partial charge on any atom is -0.321 e. The maximum absolute atomic E-state index is 13.4. The molecule has 216 valence electrons. The average molecular weight is 742 g/mol. The third-order valence-corrected chi connectivity index (χ3v) is 8.97. The molecule has 1 unspecified atom stereocenters. The second kappa shape index (κ2) is 13.8. The molecule has 11 heteroatoms. The number of benzene rings is 4. The lowest BCUT2D eigenvalue weighted by molar-refractivity contribution is -0.121. The molecule has 7 nitrogen and oxygen atoms in total. The van der Waals surface area contributed by atoms with Crippen LogP contribution in [0.2, 0.25) is 10.0 Å². The van der Waals surface area contributed by atoms with Crippen molar-refractivity contribution in [3.63, 3.8) is 0 Å². The first-order valence-corrected chi connectivity index (χ1v) is 15.6. The van der Waals surface area contributed by atoms with Crippen LogP contribution >= 0.6 is 57.6 Å². The number of anilines is 2. The molecule has 0 bridgehead atoms. The molecule has 1 atom stereocenters. The first-order chi connectivity index (χ1) is 20.7. The Hall–Kier alpha value is -3.64. The molecule has 4 aromatic carbocycles. The van der Waals surface area contributed by atoms with Gasteiger partial charge in [0, 0.05) is 41.7 Å². The normalized spacial score (nSPS) is 15.0. The highest BCUT2D eigenvalue weighted by Crippen LogP contribution is 2.34. The van der Waals surface area contributed by atoms with Gasteiger partial charge in [0.15, 0.2) is 0 Å². The number of hydrogen-bond acceptors (Lipinski definition) is 5. The smallest absolute Gasteiger partial charge is 0.272 e. The van der Waals surface area contributed by atoms with Crippen molar-refractivity contribution in [3.8, 4) is 0 Å². The van der Waals surface area contributed by atoms with Gasteiger partial charge in [-0.05, 0) is 101 Å². The Kier molecular flexibility index (Phi) is 9.86. The van der Waals surface area contributed by atoms with Crippen LogP contribution in [0, 0.1) is 3.57 Å². The Morgan fingerprint density at radius 3 is 2.16 bits per heavy atom. The lowest BCUT2D eigenvalue weighted by atomic mass is 10.1. The molecule has 0 aromatic heterocycles. The number of nitrogens with zero attached hydrogens (tertiary/aromatic N) is 1. The summed E-state index contributed by atoms with van der Waals surface area (Å²) in [4.78, 5) is 53.9. The highest BCUT2D eigenvalue weighted by atomic mass is 127. The summed E-state index contributed by atoms with van der Waals surface area (Å²) >= 11 is 16.1. The van der Waals surface area contributed by atoms with Crippen LogP contribution in [0.3, 0.4) is 0 Å². The van der Waals surface area contributed by atoms with E-state index in [9.17, 15) is 19.2 Å². The number of carbonyl (C=O) groups excluding carboxylic acids is 4. The van der Waals surface area contributed by atoms with Crippen molar-refractivity contribution in [1.29, 1.82) is 0 Å². The predicted octanol–water partition coefficient (Wildman–Crippen LogP) is 7.43. The van der Waals surface area contributed by atoms with E-state index in [1.807, 2.05) is 12.1 Å². The molecule has 5 rings (SSSR count). The third kappa shape index (κ3) is 7.48. The van der Waals surface area contributed by atoms with E-state index in [-0.39, 0.29) is 23.9 Å². The molecule has 1 fully saturated rings. The van der Waals surface area contributed by atoms with Crippen LogP contribution in [0.25, 0.3) is 6.08 Å². The molecule has 1 heterocycles. The maximum atomic E-state index is 13.4. The van der Waals surface area contributed by atoms with Crippen molar-refractivity contribution < 1.29 is 19.2 Å². The van der Waals surface area contributed by atoms with Crippen LogP contribution in [-0.4, -0.2) is 28.9 Å². The Morgan fingerprint density at radius 2 is 1.51 bits per heavy atom. The van der Waals surface area contributed by atoms with Gasteiger partial charge in [-0.1, -0.05) is 47.5 Å². The van der Waals surface area contributed by atoms with Crippen LogP contribution in [0.5, 0.6) is 0 Å². The van der Waals surface area contributed by atoms with Crippen LogP contribution in [-0.2, 0) is 14.4 Å². The van der Waals surface area contributed by atoms with Crippen molar-refractivity contribution in [1.82, 2.24) is 5.32 Å². The van der Waals surface area contributed by atoms with Gasteiger partial charge in [-0.25, -0.2) is 4.90 Å². The van der Waals surface area contributed by atoms with Crippen molar-refractivity contribution >= 4 is 98.6 Å². The van der Waals surface area contributed by atoms with E-state index in [0.29, 0.717) is 32.5 Å². The lowest BCUT2D eigenvalue weighted by Gasteiger charge is -2.15. The number of thioether (sulfide) groups is 1. The minimum atomic E-state index is -0.592. The third-order valence-electron chi connectivity index (χ3n) is 6.40. The van der Waals surface area contributed by atoms with Gasteiger partial charge in [0.05, 0.1) is 10.9 Å². The van der Waals surface area contributed by atoms with Crippen LogP contribution < -0.4 is 15.5 Å². The van der Waals surface area contributed by atoms with Crippen molar-refractivity contribution in [2.75, 3.05) is 10.2 Å². The molecule has 0 radical (unpaired) electrons. The van der Waals surface area contributed by atoms with Gasteiger partial charge in [0.25, 0.3) is 11.8 Å². The second-order valence-electron chi connectivity index (χ2n) is 9.35. The molecule has 4 amide bonds. The van der Waals surface area contributed by atoms with Crippen LogP contribution in [0.1, 0.15) is 22.3 Å². The summed E-state index contributed by atoms with van der Waals surface area (Å²) in [6.45, 7) is 0. The Morgan fingerprint density at radius 1 is 0.860 bits per heavy atom. The predicted molar refractivity (Wildman–Crippen MR) is 179 cm³/mol. The zero-order valence-electron chi connectivity index (χ0n) is 22.2. The Balaban J connectivity index is 1.30. The van der Waals surface area contributed by atoms with Gasteiger partial charge in [-0.2, -0.15) is 0 Å². The van der Waals surface area contributed by atoms with Crippen molar-refractivity contribution in [2.45, 2.75) is 16.6 Å². The van der Waals surface area contributed by atoms with E-state index in [0.717, 1.165) is 8.47 Å². The largest absolute Gasteiger partial charge is 0.321 e. The highest BCUT2D eigenvalue weighted by Gasteiger charge is 2.40. The summed E-state index contributed by atoms with van der Waals surface area (Å²) < 4.78 is 1.01. The van der Waals surface area contributed by atoms with E-state index < -0.39 is 17.1 Å². The first-order valence-electron chi connectivity index (χ1n) is 12.9. The van der Waals surface area contributed by atoms with Gasteiger partial charge < -0.3 is 10.6 Å². The summed E-state index contributed by atoms with van der Waals surface area (Å²) in [6.07, 6.45) is 1.51. The topological polar surface area (TPSA) is 95.6 Å². The molecule has 0 aliphatic carbocycles. The molecule has 0 spiro atoms. The summed E-state index contributed by atoms with van der Waals surface area (Å²) in [6, 6.07) is 27.5. The summed E-state index contributed by atoms with van der Waals surface area (Å²) in [7, 11) is 0. The number of hydrogen-bond donors (Lipinski definition) is 2. The maximum Gasteiger partial charge on any atom is 0.272 e. The average Bonchev–Trinajstić information content (AvgIpc) is 3.28. The fourth-order valence-electron chi connectivity index (χ4n) is 4.27. The Labute approximate surface area is 275 Å². The van der Waals surface area contributed by atoms with E-state index in [1.165, 1.54) is 22.7 Å². The fraction of sp³-hybridized carbons (Fsp3) is 0.0625. The molecule has 1 saturated heterocycles. The van der Waals surface area contributed by atoms with Gasteiger partial charge >= 0.3 is 0 Å². The zero-order valence-corrected chi connectivity index (χ0v) is 26.7. The van der Waals surface area contributed by atoms with Gasteiger partial charge in [0.2, 0.25) is 11.8 Å². The second-order valence-corrected chi connectivity index (χ2v) is 12.7. The summed E-state index contributed by atoms with van der Waals surface area (Å²) in [5.74, 6) is -1.59. The zero-order chi connectivity index (χ0) is 30.5. The van der Waals surface area contributed by atoms with E-state index in [2.05, 4.69) is 33.2 Å². The number of nitrogens with one attached hydrogen (secondary N) is 2. The quantitative estimate of drug-likeness (QED) is 0.111. The summed E-state index contributed by atoms with van der Waals surface area (Å²) in [5, 5.41) is 5.51. The number of amides is 4. The molecular weight excluding hydrogens is 720 g/mol. The molecule has 0 saturated carbocycles. The minimum absolute atomic E-state index is 0.0620.